The minimum Gasteiger partial charge on any atom is -0.383 e. The summed E-state index contributed by atoms with van der Waals surface area (Å²) in [5.74, 6) is 0. The Labute approximate surface area is 124 Å². The highest BCUT2D eigenvalue weighted by atomic mass is 32.2. The van der Waals surface area contributed by atoms with Crippen LogP contribution < -0.4 is 10.0 Å². The number of hydrogen-bond donors (Lipinski definition) is 2. The van der Waals surface area contributed by atoms with Crippen LogP contribution in [-0.4, -0.2) is 36.3 Å². The number of sulfonamides is 1. The second kappa shape index (κ2) is 6.68. The lowest BCUT2D eigenvalue weighted by atomic mass is 10.3. The summed E-state index contributed by atoms with van der Waals surface area (Å²) in [4.78, 5) is 3.97. The summed E-state index contributed by atoms with van der Waals surface area (Å²) < 4.78 is 28.8. The predicted molar refractivity (Wildman–Crippen MR) is 80.5 cm³/mol. The topological polar surface area (TPSA) is 88.9 Å². The molecule has 2 N–H and O–H groups in total. The molecule has 0 bridgehead atoms. The van der Waals surface area contributed by atoms with Crippen LogP contribution in [0.1, 0.15) is 12.6 Å². The van der Waals surface area contributed by atoms with Crippen LogP contribution in [0.3, 0.4) is 0 Å². The quantitative estimate of drug-likeness (QED) is 0.788. The Morgan fingerprint density at radius 1 is 1.33 bits per heavy atom. The maximum Gasteiger partial charge on any atom is 0.260 e. The molecule has 0 unspecified atom stereocenters. The van der Waals surface area contributed by atoms with Crippen LogP contribution in [0.4, 0.5) is 5.69 Å². The lowest BCUT2D eigenvalue weighted by molar-refractivity contribution is 0.577. The van der Waals surface area contributed by atoms with E-state index in [1.54, 1.807) is 16.8 Å². The summed E-state index contributed by atoms with van der Waals surface area (Å²) in [7, 11) is -1.81. The van der Waals surface area contributed by atoms with Crippen LogP contribution >= 0.6 is 0 Å². The second-order valence-corrected chi connectivity index (χ2v) is 6.20. The molecule has 0 aromatic carbocycles. The minimum absolute atomic E-state index is 0.0212. The van der Waals surface area contributed by atoms with Crippen molar-refractivity contribution in [1.29, 1.82) is 0 Å². The lowest BCUT2D eigenvalue weighted by Crippen LogP contribution is -2.27. The van der Waals surface area contributed by atoms with Gasteiger partial charge in [0.1, 0.15) is 0 Å². The van der Waals surface area contributed by atoms with E-state index in [1.807, 2.05) is 26.2 Å². The highest BCUT2D eigenvalue weighted by Gasteiger charge is 2.19. The molecular weight excluding hydrogens is 290 g/mol. The Morgan fingerprint density at radius 3 is 2.81 bits per heavy atom. The van der Waals surface area contributed by atoms with Crippen molar-refractivity contribution in [2.75, 3.05) is 18.4 Å². The molecule has 2 heterocycles. The zero-order valence-corrected chi connectivity index (χ0v) is 12.9. The standard InChI is InChI=1S/C13H19N5O2S/c1-3-14-12-5-4-8-15-13(12)21(19,20)16-9-6-11-7-10-18(2)17-11/h4-5,7-8,10,14,16H,3,6,9H2,1-2H3. The van der Waals surface area contributed by atoms with Crippen LogP contribution in [-0.2, 0) is 23.5 Å². The van der Waals surface area contributed by atoms with Crippen LogP contribution in [0.15, 0.2) is 35.6 Å². The van der Waals surface area contributed by atoms with Gasteiger partial charge in [-0.1, -0.05) is 0 Å². The van der Waals surface area contributed by atoms with Gasteiger partial charge in [0, 0.05) is 39.0 Å². The highest BCUT2D eigenvalue weighted by Crippen LogP contribution is 2.17. The van der Waals surface area contributed by atoms with Crippen molar-refractivity contribution >= 4 is 15.7 Å². The highest BCUT2D eigenvalue weighted by molar-refractivity contribution is 7.89. The third kappa shape index (κ3) is 4.02. The molecule has 0 saturated carbocycles. The van der Waals surface area contributed by atoms with Gasteiger partial charge < -0.3 is 5.32 Å². The number of aryl methyl sites for hydroxylation is 1. The van der Waals surface area contributed by atoms with E-state index < -0.39 is 10.0 Å². The number of nitrogens with one attached hydrogen (secondary N) is 2. The fourth-order valence-electron chi connectivity index (χ4n) is 1.91. The summed E-state index contributed by atoms with van der Waals surface area (Å²) in [6, 6.07) is 5.26. The summed E-state index contributed by atoms with van der Waals surface area (Å²) in [6.45, 7) is 2.81. The Balaban J connectivity index is 2.04. The van der Waals surface area contributed by atoms with Gasteiger partial charge in [-0.3, -0.25) is 4.68 Å². The molecule has 0 radical (unpaired) electrons. The van der Waals surface area contributed by atoms with Gasteiger partial charge in [-0.15, -0.1) is 0 Å². The van der Waals surface area contributed by atoms with E-state index in [9.17, 15) is 8.42 Å². The molecule has 0 aliphatic carbocycles. The molecule has 2 aromatic rings. The third-order valence-electron chi connectivity index (χ3n) is 2.83. The normalized spacial score (nSPS) is 11.5. The Kier molecular flexibility index (Phi) is 4.92. The van der Waals surface area contributed by atoms with Crippen molar-refractivity contribution in [3.63, 3.8) is 0 Å². The molecule has 8 heteroatoms. The van der Waals surface area contributed by atoms with Gasteiger partial charge in [0.05, 0.1) is 11.4 Å². The molecular formula is C13H19N5O2S. The fourth-order valence-corrected chi connectivity index (χ4v) is 3.05. The van der Waals surface area contributed by atoms with Crippen molar-refractivity contribution in [1.82, 2.24) is 19.5 Å². The molecule has 21 heavy (non-hydrogen) atoms. The summed E-state index contributed by atoms with van der Waals surface area (Å²) >= 11 is 0. The van der Waals surface area contributed by atoms with Gasteiger partial charge in [0.15, 0.2) is 5.03 Å². The summed E-state index contributed by atoms with van der Waals surface area (Å²) in [5, 5.41) is 7.22. The second-order valence-electron chi connectivity index (χ2n) is 4.51. The van der Waals surface area contributed by atoms with Crippen molar-refractivity contribution in [2.24, 2.45) is 7.05 Å². The molecule has 0 amide bonds. The number of nitrogens with zero attached hydrogens (tertiary/aromatic N) is 3. The van der Waals surface area contributed by atoms with E-state index in [-0.39, 0.29) is 11.6 Å². The smallest absolute Gasteiger partial charge is 0.260 e. The maximum absolute atomic E-state index is 12.3. The van der Waals surface area contributed by atoms with E-state index >= 15 is 0 Å². The zero-order valence-electron chi connectivity index (χ0n) is 12.1. The van der Waals surface area contributed by atoms with Crippen LogP contribution in [0.5, 0.6) is 0 Å². The van der Waals surface area contributed by atoms with Gasteiger partial charge in [0.2, 0.25) is 0 Å². The molecule has 0 fully saturated rings. The van der Waals surface area contributed by atoms with E-state index in [0.29, 0.717) is 18.7 Å². The van der Waals surface area contributed by atoms with E-state index in [1.165, 1.54) is 6.20 Å². The van der Waals surface area contributed by atoms with E-state index in [4.69, 9.17) is 0 Å². The molecule has 0 spiro atoms. The molecule has 0 aliphatic heterocycles. The largest absolute Gasteiger partial charge is 0.383 e. The molecule has 2 rings (SSSR count). The van der Waals surface area contributed by atoms with Gasteiger partial charge in [0.25, 0.3) is 10.0 Å². The van der Waals surface area contributed by atoms with Gasteiger partial charge in [-0.2, -0.15) is 5.10 Å². The van der Waals surface area contributed by atoms with Crippen molar-refractivity contribution in [3.8, 4) is 0 Å². The van der Waals surface area contributed by atoms with E-state index in [0.717, 1.165) is 5.69 Å². The summed E-state index contributed by atoms with van der Waals surface area (Å²) in [5.41, 5.74) is 1.35. The van der Waals surface area contributed by atoms with Gasteiger partial charge >= 0.3 is 0 Å². The van der Waals surface area contributed by atoms with Crippen molar-refractivity contribution in [3.05, 3.63) is 36.3 Å². The SMILES string of the molecule is CCNc1cccnc1S(=O)(=O)NCCc1ccn(C)n1. The fraction of sp³-hybridized carbons (Fsp3) is 0.385. The van der Waals surface area contributed by atoms with Gasteiger partial charge in [-0.05, 0) is 25.1 Å². The number of rotatable bonds is 7. The van der Waals surface area contributed by atoms with Gasteiger partial charge in [-0.25, -0.2) is 18.1 Å². The zero-order chi connectivity index (χ0) is 15.3. The first-order chi connectivity index (χ1) is 10.0. The molecule has 0 atom stereocenters. The monoisotopic (exact) mass is 309 g/mol. The van der Waals surface area contributed by atoms with Crippen LogP contribution in [0.25, 0.3) is 0 Å². The Bertz CT molecular complexity index is 696. The van der Waals surface area contributed by atoms with E-state index in [2.05, 4.69) is 20.1 Å². The number of hydrogen-bond acceptors (Lipinski definition) is 5. The average Bonchev–Trinajstić information content (AvgIpc) is 2.85. The number of pyridine rings is 1. The lowest BCUT2D eigenvalue weighted by Gasteiger charge is -2.10. The molecule has 2 aromatic heterocycles. The molecule has 0 saturated heterocycles. The number of aromatic nitrogens is 3. The Hall–Kier alpha value is -1.93. The van der Waals surface area contributed by atoms with Crippen LogP contribution in [0, 0.1) is 0 Å². The van der Waals surface area contributed by atoms with Crippen molar-refractivity contribution in [2.45, 2.75) is 18.4 Å². The predicted octanol–water partition coefficient (Wildman–Crippen LogP) is 0.768. The van der Waals surface area contributed by atoms with Crippen molar-refractivity contribution < 1.29 is 8.42 Å². The average molecular weight is 309 g/mol. The first-order valence-corrected chi connectivity index (χ1v) is 8.18. The summed E-state index contributed by atoms with van der Waals surface area (Å²) in [6.07, 6.45) is 3.82. The maximum atomic E-state index is 12.3. The first kappa shape index (κ1) is 15.5. The molecule has 0 aliphatic rings. The third-order valence-corrected chi connectivity index (χ3v) is 4.25. The molecule has 7 nitrogen and oxygen atoms in total. The first-order valence-electron chi connectivity index (χ1n) is 6.70. The van der Waals surface area contributed by atoms with Crippen LogP contribution in [0.2, 0.25) is 0 Å². The Morgan fingerprint density at radius 2 is 2.14 bits per heavy atom. The number of anilines is 1. The molecule has 114 valence electrons. The minimum atomic E-state index is -3.63.